The number of aromatic nitrogens is 4. The second-order valence-electron chi connectivity index (χ2n) is 4.27. The van der Waals surface area contributed by atoms with E-state index in [1.165, 1.54) is 0 Å². The minimum absolute atomic E-state index is 0.591. The van der Waals surface area contributed by atoms with E-state index in [1.54, 1.807) is 30.2 Å². The number of ether oxygens (including phenoxy) is 1. The van der Waals surface area contributed by atoms with Crippen LogP contribution in [0.3, 0.4) is 0 Å². The van der Waals surface area contributed by atoms with Crippen LogP contribution in [0.25, 0.3) is 5.65 Å². The van der Waals surface area contributed by atoms with E-state index in [9.17, 15) is 0 Å². The molecule has 0 radical (unpaired) electrons. The van der Waals surface area contributed by atoms with Crippen molar-refractivity contribution in [2.75, 3.05) is 18.2 Å². The van der Waals surface area contributed by atoms with Gasteiger partial charge in [0.2, 0.25) is 5.65 Å². The number of anilines is 2. The van der Waals surface area contributed by atoms with Crippen molar-refractivity contribution in [3.63, 3.8) is 0 Å². The van der Waals surface area contributed by atoms with E-state index in [-0.39, 0.29) is 0 Å². The highest BCUT2D eigenvalue weighted by molar-refractivity contribution is 5.62. The second-order valence-corrected chi connectivity index (χ2v) is 4.27. The zero-order valence-electron chi connectivity index (χ0n) is 10.9. The number of nitrogens with zero attached hydrogens (tertiary/aromatic N) is 4. The first-order chi connectivity index (χ1) is 9.78. The fourth-order valence-corrected chi connectivity index (χ4v) is 1.96. The first-order valence-electron chi connectivity index (χ1n) is 6.08. The summed E-state index contributed by atoms with van der Waals surface area (Å²) in [4.78, 5) is 4.26. The fraction of sp³-hybridized carbons (Fsp3) is 0.154. The van der Waals surface area contributed by atoms with Gasteiger partial charge in [0.15, 0.2) is 5.82 Å². The monoisotopic (exact) mass is 270 g/mol. The summed E-state index contributed by atoms with van der Waals surface area (Å²) in [5.41, 5.74) is 8.21. The molecule has 7 heteroatoms. The van der Waals surface area contributed by atoms with Gasteiger partial charge in [0.1, 0.15) is 12.1 Å². The summed E-state index contributed by atoms with van der Waals surface area (Å²) in [5.74, 6) is 1.35. The van der Waals surface area contributed by atoms with Crippen LogP contribution in [0.4, 0.5) is 11.5 Å². The van der Waals surface area contributed by atoms with Crippen LogP contribution in [-0.2, 0) is 6.54 Å². The average Bonchev–Trinajstić information content (AvgIpc) is 2.94. The molecule has 0 saturated heterocycles. The minimum Gasteiger partial charge on any atom is -0.495 e. The number of rotatable bonds is 4. The van der Waals surface area contributed by atoms with Crippen molar-refractivity contribution >= 4 is 17.2 Å². The van der Waals surface area contributed by atoms with Crippen LogP contribution in [0.5, 0.6) is 5.75 Å². The maximum Gasteiger partial charge on any atom is 0.203 e. The molecule has 0 atom stereocenters. The molecule has 0 aliphatic rings. The SMILES string of the molecule is COc1ccc(CNc2nccn3cnnc23)cc1N. The molecule has 0 amide bonds. The van der Waals surface area contributed by atoms with Crippen LogP contribution in [0, 0.1) is 0 Å². The van der Waals surface area contributed by atoms with Gasteiger partial charge in [-0.2, -0.15) is 0 Å². The molecular weight excluding hydrogens is 256 g/mol. The normalized spacial score (nSPS) is 10.7. The molecule has 20 heavy (non-hydrogen) atoms. The Hall–Kier alpha value is -2.83. The van der Waals surface area contributed by atoms with Crippen LogP contribution in [0.1, 0.15) is 5.56 Å². The van der Waals surface area contributed by atoms with Crippen LogP contribution >= 0.6 is 0 Å². The van der Waals surface area contributed by atoms with Crippen molar-refractivity contribution in [3.05, 3.63) is 42.5 Å². The first-order valence-corrected chi connectivity index (χ1v) is 6.08. The predicted molar refractivity (Wildman–Crippen MR) is 75.5 cm³/mol. The van der Waals surface area contributed by atoms with E-state index in [4.69, 9.17) is 10.5 Å². The number of hydrogen-bond acceptors (Lipinski definition) is 6. The molecule has 0 saturated carbocycles. The predicted octanol–water partition coefficient (Wildman–Crippen LogP) is 1.33. The molecule has 3 aromatic rings. The summed E-state index contributed by atoms with van der Waals surface area (Å²) in [6.07, 6.45) is 5.13. The summed E-state index contributed by atoms with van der Waals surface area (Å²) in [6.45, 7) is 0.591. The Bertz CT molecular complexity index is 739. The number of benzene rings is 1. The molecular formula is C13H14N6O. The number of nitrogens with one attached hydrogen (secondary N) is 1. The van der Waals surface area contributed by atoms with Crippen LogP contribution in [-0.4, -0.2) is 26.7 Å². The largest absolute Gasteiger partial charge is 0.495 e. The maximum absolute atomic E-state index is 5.88. The number of methoxy groups -OCH3 is 1. The molecule has 3 rings (SSSR count). The van der Waals surface area contributed by atoms with E-state index in [1.807, 2.05) is 18.2 Å². The molecule has 0 aliphatic heterocycles. The summed E-state index contributed by atoms with van der Waals surface area (Å²) >= 11 is 0. The van der Waals surface area contributed by atoms with Crippen molar-refractivity contribution in [3.8, 4) is 5.75 Å². The van der Waals surface area contributed by atoms with Crippen molar-refractivity contribution in [2.24, 2.45) is 0 Å². The van der Waals surface area contributed by atoms with Gasteiger partial charge in [-0.1, -0.05) is 6.07 Å². The first kappa shape index (κ1) is 12.2. The lowest BCUT2D eigenvalue weighted by atomic mass is 10.2. The van der Waals surface area contributed by atoms with Crippen LogP contribution < -0.4 is 15.8 Å². The molecule has 102 valence electrons. The molecule has 0 bridgehead atoms. The lowest BCUT2D eigenvalue weighted by Crippen LogP contribution is -2.04. The molecule has 7 nitrogen and oxygen atoms in total. The third kappa shape index (κ3) is 2.20. The van der Waals surface area contributed by atoms with Gasteiger partial charge in [0.05, 0.1) is 12.8 Å². The number of fused-ring (bicyclic) bond motifs is 1. The van der Waals surface area contributed by atoms with E-state index < -0.39 is 0 Å². The third-order valence-electron chi connectivity index (χ3n) is 2.97. The number of nitrogen functional groups attached to an aromatic ring is 1. The molecule has 2 heterocycles. The Morgan fingerprint density at radius 3 is 3.10 bits per heavy atom. The van der Waals surface area contributed by atoms with Gasteiger partial charge in [-0.15, -0.1) is 10.2 Å². The van der Waals surface area contributed by atoms with Gasteiger partial charge in [0, 0.05) is 18.9 Å². The molecule has 2 aromatic heterocycles. The number of hydrogen-bond donors (Lipinski definition) is 2. The van der Waals surface area contributed by atoms with Gasteiger partial charge < -0.3 is 15.8 Å². The Morgan fingerprint density at radius 1 is 1.40 bits per heavy atom. The van der Waals surface area contributed by atoms with Crippen molar-refractivity contribution in [1.82, 2.24) is 19.6 Å². The molecule has 1 aromatic carbocycles. The quantitative estimate of drug-likeness (QED) is 0.695. The zero-order valence-corrected chi connectivity index (χ0v) is 10.9. The van der Waals surface area contributed by atoms with Crippen LogP contribution in [0.15, 0.2) is 36.9 Å². The summed E-state index contributed by atoms with van der Waals surface area (Å²) < 4.78 is 6.93. The van der Waals surface area contributed by atoms with Crippen LogP contribution in [0.2, 0.25) is 0 Å². The van der Waals surface area contributed by atoms with Gasteiger partial charge in [0.25, 0.3) is 0 Å². The summed E-state index contributed by atoms with van der Waals surface area (Å²) in [5, 5.41) is 11.1. The van der Waals surface area contributed by atoms with Gasteiger partial charge in [-0.05, 0) is 17.7 Å². The Labute approximate surface area is 115 Å². The van der Waals surface area contributed by atoms with E-state index in [0.29, 0.717) is 29.4 Å². The lowest BCUT2D eigenvalue weighted by molar-refractivity contribution is 0.417. The Kier molecular flexibility index (Phi) is 3.08. The van der Waals surface area contributed by atoms with Gasteiger partial charge in [-0.25, -0.2) is 4.98 Å². The fourth-order valence-electron chi connectivity index (χ4n) is 1.96. The van der Waals surface area contributed by atoms with Gasteiger partial charge in [-0.3, -0.25) is 4.40 Å². The van der Waals surface area contributed by atoms with E-state index >= 15 is 0 Å². The molecule has 0 fully saturated rings. The average molecular weight is 270 g/mol. The van der Waals surface area contributed by atoms with Crippen molar-refractivity contribution in [1.29, 1.82) is 0 Å². The van der Waals surface area contributed by atoms with E-state index in [0.717, 1.165) is 5.56 Å². The molecule has 3 N–H and O–H groups in total. The smallest absolute Gasteiger partial charge is 0.203 e. The third-order valence-corrected chi connectivity index (χ3v) is 2.97. The topological polar surface area (TPSA) is 90.4 Å². The van der Waals surface area contributed by atoms with Gasteiger partial charge >= 0.3 is 0 Å². The molecule has 0 aliphatic carbocycles. The van der Waals surface area contributed by atoms with Crippen molar-refractivity contribution in [2.45, 2.75) is 6.54 Å². The number of nitrogens with two attached hydrogens (primary N) is 1. The maximum atomic E-state index is 5.88. The summed E-state index contributed by atoms with van der Waals surface area (Å²) in [7, 11) is 1.60. The Morgan fingerprint density at radius 2 is 2.30 bits per heavy atom. The lowest BCUT2D eigenvalue weighted by Gasteiger charge is -2.09. The molecule has 0 unspecified atom stereocenters. The Balaban J connectivity index is 1.79. The zero-order chi connectivity index (χ0) is 13.9. The highest BCUT2D eigenvalue weighted by Gasteiger charge is 2.05. The highest BCUT2D eigenvalue weighted by Crippen LogP contribution is 2.22. The minimum atomic E-state index is 0.591. The second kappa shape index (κ2) is 5.04. The van der Waals surface area contributed by atoms with E-state index in [2.05, 4.69) is 20.5 Å². The summed E-state index contributed by atoms with van der Waals surface area (Å²) in [6, 6.07) is 5.67. The van der Waals surface area contributed by atoms with Crippen molar-refractivity contribution < 1.29 is 4.74 Å². The standard InChI is InChI=1S/C13H14N6O/c1-20-11-3-2-9(6-10(11)14)7-16-12-13-18-17-8-19(13)5-4-15-12/h2-6,8H,7,14H2,1H3,(H,15,16). The highest BCUT2D eigenvalue weighted by atomic mass is 16.5. The molecule has 0 spiro atoms.